The van der Waals surface area contributed by atoms with Gasteiger partial charge >= 0.3 is 23.9 Å². The Bertz CT molecular complexity index is 2340. The van der Waals surface area contributed by atoms with E-state index >= 15 is 9.59 Å². The maximum absolute atomic E-state index is 15.2. The van der Waals surface area contributed by atoms with Crippen LogP contribution >= 0.6 is 0 Å². The first-order valence-corrected chi connectivity index (χ1v) is 33.8. The Kier molecular flexibility index (Phi) is 30.0. The van der Waals surface area contributed by atoms with Crippen molar-refractivity contribution in [3.05, 3.63) is 70.8 Å². The van der Waals surface area contributed by atoms with Gasteiger partial charge < -0.3 is 38.5 Å². The molecule has 2 aromatic rings. The highest BCUT2D eigenvalue weighted by molar-refractivity contribution is 5.94. The van der Waals surface area contributed by atoms with Crippen LogP contribution in [0.1, 0.15) is 220 Å². The van der Waals surface area contributed by atoms with Gasteiger partial charge in [0.15, 0.2) is 24.4 Å². The van der Waals surface area contributed by atoms with Crippen molar-refractivity contribution >= 4 is 47.5 Å². The topological polar surface area (TPSA) is 186 Å². The van der Waals surface area contributed by atoms with Crippen LogP contribution < -0.4 is 0 Å². The van der Waals surface area contributed by atoms with Crippen LogP contribution in [-0.4, -0.2) is 144 Å². The predicted octanol–water partition coefficient (Wildman–Crippen LogP) is 12.3. The number of ether oxygens (including phenoxy) is 4. The SMILES string of the molecule is CC(C)C[C@H]1C(=O)O[C@H](Cc2ccc(CC3CCCCCCCC3)cc2)C(=O)N(C)[C@@H](CC(C)C)C(=O)O[C@H](C)C(=O)N(C)[C@@H](CC(C)C)C(=O)O[C@H](Cc2ccc(CC3CCCCCCCC3)cc2)C(=O)N(C)[C@@H](CC(C)C)C(=O)O[C@H](C)C(=O)N1C. The molecule has 0 N–H and O–H groups in total. The molecule has 5 rings (SSSR count). The van der Waals surface area contributed by atoms with E-state index in [0.29, 0.717) is 23.0 Å². The molecule has 8 atom stereocenters. The maximum Gasteiger partial charge on any atom is 0.329 e. The van der Waals surface area contributed by atoms with Gasteiger partial charge in [0, 0.05) is 41.0 Å². The van der Waals surface area contributed by atoms with Crippen molar-refractivity contribution < 1.29 is 57.3 Å². The van der Waals surface area contributed by atoms with Gasteiger partial charge in [-0.25, -0.2) is 19.2 Å². The van der Waals surface area contributed by atoms with E-state index in [2.05, 4.69) is 24.3 Å². The summed E-state index contributed by atoms with van der Waals surface area (Å²) >= 11 is 0. The van der Waals surface area contributed by atoms with Crippen molar-refractivity contribution in [2.75, 3.05) is 28.2 Å². The molecule has 0 spiro atoms. The molecule has 3 fully saturated rings. The van der Waals surface area contributed by atoms with Gasteiger partial charge in [-0.2, -0.15) is 0 Å². The maximum atomic E-state index is 15.2. The van der Waals surface area contributed by atoms with E-state index in [9.17, 15) is 28.8 Å². The molecule has 0 radical (unpaired) electrons. The number of esters is 4. The lowest BCUT2D eigenvalue weighted by Crippen LogP contribution is -2.55. The summed E-state index contributed by atoms with van der Waals surface area (Å²) in [7, 11) is 5.75. The van der Waals surface area contributed by atoms with Gasteiger partial charge in [0.25, 0.3) is 23.6 Å². The molecule has 492 valence electrons. The van der Waals surface area contributed by atoms with Gasteiger partial charge in [0.05, 0.1) is 0 Å². The summed E-state index contributed by atoms with van der Waals surface area (Å²) in [5, 5.41) is 0. The number of likely N-dealkylation sites (N-methyl/N-ethyl adjacent to an activating group) is 4. The normalized spacial score (nSPS) is 25.6. The zero-order valence-electron chi connectivity index (χ0n) is 56.4. The number of amides is 4. The molecular formula is C72H112N4O12. The van der Waals surface area contributed by atoms with Gasteiger partial charge in [-0.05, 0) is 110 Å². The molecule has 4 amide bonds. The minimum Gasteiger partial charge on any atom is -0.451 e. The lowest BCUT2D eigenvalue weighted by atomic mass is 9.90. The molecule has 16 nitrogen and oxygen atoms in total. The number of cyclic esters (lactones) is 4. The molecule has 88 heavy (non-hydrogen) atoms. The average Bonchev–Trinajstić information content (AvgIpc) is 2.60. The van der Waals surface area contributed by atoms with E-state index in [0.717, 1.165) is 12.8 Å². The van der Waals surface area contributed by atoms with E-state index in [-0.39, 0.29) is 62.2 Å². The smallest absolute Gasteiger partial charge is 0.329 e. The van der Waals surface area contributed by atoms with Gasteiger partial charge in [-0.3, -0.25) is 19.2 Å². The predicted molar refractivity (Wildman–Crippen MR) is 343 cm³/mol. The van der Waals surface area contributed by atoms with E-state index in [4.69, 9.17) is 18.9 Å². The van der Waals surface area contributed by atoms with Crippen LogP contribution in [0.2, 0.25) is 0 Å². The Morgan fingerprint density at radius 3 is 0.795 bits per heavy atom. The third-order valence-electron chi connectivity index (χ3n) is 18.4. The first kappa shape index (κ1) is 72.9. The van der Waals surface area contributed by atoms with Crippen LogP contribution in [0, 0.1) is 35.5 Å². The van der Waals surface area contributed by atoms with Crippen LogP contribution in [-0.2, 0) is 83.0 Å². The van der Waals surface area contributed by atoms with Crippen molar-refractivity contribution in [2.24, 2.45) is 35.5 Å². The number of hydrogen-bond acceptors (Lipinski definition) is 12. The Labute approximate surface area is 528 Å². The van der Waals surface area contributed by atoms with Gasteiger partial charge in [-0.15, -0.1) is 0 Å². The fourth-order valence-corrected chi connectivity index (χ4v) is 13.0. The second kappa shape index (κ2) is 36.1. The Hall–Kier alpha value is -5.80. The first-order valence-electron chi connectivity index (χ1n) is 33.8. The van der Waals surface area contributed by atoms with Crippen molar-refractivity contribution in [1.82, 2.24) is 19.6 Å². The molecule has 2 aromatic carbocycles. The largest absolute Gasteiger partial charge is 0.451 e. The molecule has 1 aliphatic heterocycles. The van der Waals surface area contributed by atoms with Crippen molar-refractivity contribution in [2.45, 2.75) is 272 Å². The van der Waals surface area contributed by atoms with Gasteiger partial charge in [-0.1, -0.05) is 207 Å². The van der Waals surface area contributed by atoms with Crippen molar-refractivity contribution in [3.8, 4) is 0 Å². The molecule has 2 saturated carbocycles. The Balaban J connectivity index is 1.56. The van der Waals surface area contributed by atoms with Crippen molar-refractivity contribution in [3.63, 3.8) is 0 Å². The third kappa shape index (κ3) is 22.9. The second-order valence-corrected chi connectivity index (χ2v) is 28.0. The average molecular weight is 1230 g/mol. The summed E-state index contributed by atoms with van der Waals surface area (Å²) in [6.45, 7) is 17.9. The molecule has 0 aromatic heterocycles. The molecule has 1 heterocycles. The monoisotopic (exact) mass is 1220 g/mol. The van der Waals surface area contributed by atoms with E-state index in [1.54, 1.807) is 0 Å². The summed E-state index contributed by atoms with van der Waals surface area (Å²) < 4.78 is 24.6. The molecule has 3 aliphatic rings. The van der Waals surface area contributed by atoms with E-state index in [1.807, 2.05) is 79.7 Å². The number of benzene rings is 2. The van der Waals surface area contributed by atoms with Crippen molar-refractivity contribution in [1.29, 1.82) is 0 Å². The lowest BCUT2D eigenvalue weighted by molar-refractivity contribution is -0.176. The molecular weight excluding hydrogens is 1110 g/mol. The third-order valence-corrected chi connectivity index (χ3v) is 18.4. The summed E-state index contributed by atoms with van der Waals surface area (Å²) in [5.41, 5.74) is 3.77. The summed E-state index contributed by atoms with van der Waals surface area (Å²) in [6.07, 6.45) is 16.1. The molecule has 2 aliphatic carbocycles. The van der Waals surface area contributed by atoms with Gasteiger partial charge in [0.2, 0.25) is 0 Å². The van der Waals surface area contributed by atoms with Crippen LogP contribution in [0.5, 0.6) is 0 Å². The molecule has 1 saturated heterocycles. The highest BCUT2D eigenvalue weighted by atomic mass is 16.6. The standard InChI is InChI=1S/C72H112N4O12/c1-47(2)39-59-69(81)85-51(9)65(77)73(11)62(42-50(7)8)72(84)88-64(46-58-37-33-56(34-38-58)44-54-29-25-21-17-18-22-26-30-54)68(80)76(14)60(40-48(3)4)70(82)86-52(10)66(78)74(12)61(41-49(5)6)71(83)87-63(67(79)75(59)13)45-57-35-31-55(32-36-57)43-53-27-23-19-15-16-20-24-28-53/h31-38,47-54,59-64H,15-30,39-46H2,1-14H3/t51-,52-,59+,60+,61+,62+,63-,64-/m1/s1. The minimum absolute atomic E-state index is 0.0633. The lowest BCUT2D eigenvalue weighted by Gasteiger charge is -2.35. The number of hydrogen-bond donors (Lipinski definition) is 0. The van der Waals surface area contributed by atoms with Crippen LogP contribution in [0.4, 0.5) is 0 Å². The Morgan fingerprint density at radius 1 is 0.330 bits per heavy atom. The summed E-state index contributed by atoms with van der Waals surface area (Å²) in [5.74, 6) is -5.81. The quantitative estimate of drug-likeness (QED) is 0.114. The minimum atomic E-state index is -1.48. The fourth-order valence-electron chi connectivity index (χ4n) is 13.0. The summed E-state index contributed by atoms with van der Waals surface area (Å²) in [4.78, 5) is 123. The molecule has 0 bridgehead atoms. The second-order valence-electron chi connectivity index (χ2n) is 28.0. The number of nitrogens with zero attached hydrogens (tertiary/aromatic N) is 4. The van der Waals surface area contributed by atoms with E-state index in [1.165, 1.54) is 175 Å². The zero-order valence-corrected chi connectivity index (χ0v) is 56.4. The molecule has 16 heteroatoms. The molecule has 0 unspecified atom stereocenters. The van der Waals surface area contributed by atoms with Gasteiger partial charge in [0.1, 0.15) is 24.2 Å². The van der Waals surface area contributed by atoms with Crippen LogP contribution in [0.3, 0.4) is 0 Å². The first-order chi connectivity index (χ1) is 41.7. The fraction of sp³-hybridized carbons (Fsp3) is 0.722. The zero-order chi connectivity index (χ0) is 64.8. The number of rotatable bonds is 16. The van der Waals surface area contributed by atoms with E-state index < -0.39 is 96.1 Å². The number of carbonyl (C=O) groups excluding carboxylic acids is 8. The van der Waals surface area contributed by atoms with Crippen LogP contribution in [0.15, 0.2) is 48.5 Å². The highest BCUT2D eigenvalue weighted by Gasteiger charge is 2.43. The summed E-state index contributed by atoms with van der Waals surface area (Å²) in [6, 6.07) is 11.0. The highest BCUT2D eigenvalue weighted by Crippen LogP contribution is 2.29. The van der Waals surface area contributed by atoms with Crippen LogP contribution in [0.25, 0.3) is 0 Å². The number of carbonyl (C=O) groups is 8. The Morgan fingerprint density at radius 2 is 0.545 bits per heavy atom.